The number of morpholine rings is 1. The maximum absolute atomic E-state index is 12.3. The van der Waals surface area contributed by atoms with E-state index >= 15 is 0 Å². The van der Waals surface area contributed by atoms with Crippen LogP contribution in [0.5, 0.6) is 0 Å². The second-order valence-electron chi connectivity index (χ2n) is 3.91. The van der Waals surface area contributed by atoms with E-state index in [2.05, 4.69) is 10.3 Å². The molecule has 0 radical (unpaired) electrons. The van der Waals surface area contributed by atoms with Crippen LogP contribution in [0.4, 0.5) is 10.9 Å². The Labute approximate surface area is 109 Å². The molecule has 1 aromatic rings. The molecule has 8 heteroatoms. The van der Waals surface area contributed by atoms with Gasteiger partial charge in [0.25, 0.3) is 5.91 Å². The van der Waals surface area contributed by atoms with Gasteiger partial charge in [0, 0.05) is 20.1 Å². The highest BCUT2D eigenvalue weighted by atomic mass is 32.1. The van der Waals surface area contributed by atoms with Crippen molar-refractivity contribution in [1.82, 2.24) is 9.88 Å². The summed E-state index contributed by atoms with van der Waals surface area (Å²) in [5.74, 6) is 0.0784. The minimum absolute atomic E-state index is 0.0935. The van der Waals surface area contributed by atoms with Crippen molar-refractivity contribution in [3.63, 3.8) is 0 Å². The van der Waals surface area contributed by atoms with Crippen molar-refractivity contribution in [3.05, 3.63) is 4.88 Å². The summed E-state index contributed by atoms with van der Waals surface area (Å²) in [7, 11) is 1.73. The number of carbonyl (C=O) groups is 1. The number of nitrogen functional groups attached to an aromatic ring is 1. The third kappa shape index (κ3) is 2.55. The van der Waals surface area contributed by atoms with Gasteiger partial charge in [-0.15, -0.1) is 0 Å². The standard InChI is InChI=1S/C10H16N4O3S/c1-12-10-13-8(11)7(18-10)9(16)14-2-3-17-6(4-14)5-15/h6,15H,2-5,11H2,1H3,(H,12,13). The van der Waals surface area contributed by atoms with Gasteiger partial charge < -0.3 is 25.8 Å². The maximum atomic E-state index is 12.3. The van der Waals surface area contributed by atoms with E-state index in [0.29, 0.717) is 29.7 Å². The molecule has 1 saturated heterocycles. The average Bonchev–Trinajstić information content (AvgIpc) is 2.79. The molecular formula is C10H16N4O3S. The molecule has 1 fully saturated rings. The Balaban J connectivity index is 2.12. The van der Waals surface area contributed by atoms with Gasteiger partial charge in [-0.3, -0.25) is 4.79 Å². The van der Waals surface area contributed by atoms with Crippen LogP contribution in [-0.4, -0.2) is 60.4 Å². The largest absolute Gasteiger partial charge is 0.394 e. The second kappa shape index (κ2) is 5.51. The lowest BCUT2D eigenvalue weighted by Crippen LogP contribution is -2.46. The lowest BCUT2D eigenvalue weighted by Gasteiger charge is -2.31. The number of aliphatic hydroxyl groups is 1. The lowest BCUT2D eigenvalue weighted by molar-refractivity contribution is -0.0445. The highest BCUT2D eigenvalue weighted by Crippen LogP contribution is 2.26. The van der Waals surface area contributed by atoms with Crippen molar-refractivity contribution in [2.24, 2.45) is 0 Å². The Morgan fingerprint density at radius 3 is 3.17 bits per heavy atom. The Kier molecular flexibility index (Phi) is 4.00. The van der Waals surface area contributed by atoms with Crippen molar-refractivity contribution in [3.8, 4) is 0 Å². The summed E-state index contributed by atoms with van der Waals surface area (Å²) in [6.45, 7) is 1.21. The van der Waals surface area contributed by atoms with Gasteiger partial charge >= 0.3 is 0 Å². The number of thiazole rings is 1. The molecule has 1 aliphatic rings. The molecule has 0 spiro atoms. The Morgan fingerprint density at radius 1 is 1.78 bits per heavy atom. The Morgan fingerprint density at radius 2 is 2.56 bits per heavy atom. The van der Waals surface area contributed by atoms with Crippen molar-refractivity contribution >= 4 is 28.2 Å². The van der Waals surface area contributed by atoms with Crippen molar-refractivity contribution in [2.45, 2.75) is 6.10 Å². The third-order valence-electron chi connectivity index (χ3n) is 2.69. The van der Waals surface area contributed by atoms with E-state index in [0.717, 1.165) is 0 Å². The highest BCUT2D eigenvalue weighted by Gasteiger charge is 2.27. The monoisotopic (exact) mass is 272 g/mol. The molecule has 1 aromatic heterocycles. The lowest BCUT2D eigenvalue weighted by atomic mass is 10.2. The van der Waals surface area contributed by atoms with E-state index in [1.807, 2.05) is 0 Å². The zero-order chi connectivity index (χ0) is 13.1. The smallest absolute Gasteiger partial charge is 0.268 e. The first kappa shape index (κ1) is 13.1. The van der Waals surface area contributed by atoms with Crippen LogP contribution in [0.2, 0.25) is 0 Å². The van der Waals surface area contributed by atoms with Crippen LogP contribution in [0, 0.1) is 0 Å². The van der Waals surface area contributed by atoms with E-state index in [-0.39, 0.29) is 24.4 Å². The number of hydrogen-bond donors (Lipinski definition) is 3. The minimum atomic E-state index is -0.319. The SMILES string of the molecule is CNc1nc(N)c(C(=O)N2CCOC(CO)C2)s1. The van der Waals surface area contributed by atoms with Gasteiger partial charge in [-0.1, -0.05) is 11.3 Å². The summed E-state index contributed by atoms with van der Waals surface area (Å²) in [6.07, 6.45) is -0.319. The summed E-state index contributed by atoms with van der Waals surface area (Å²) in [4.78, 5) is 18.4. The van der Waals surface area contributed by atoms with E-state index in [4.69, 9.17) is 15.6 Å². The number of nitrogens with zero attached hydrogens (tertiary/aromatic N) is 2. The molecule has 2 heterocycles. The molecule has 0 saturated carbocycles. The van der Waals surface area contributed by atoms with Crippen LogP contribution >= 0.6 is 11.3 Å². The third-order valence-corrected chi connectivity index (χ3v) is 3.77. The number of anilines is 2. The van der Waals surface area contributed by atoms with Crippen molar-refractivity contribution < 1.29 is 14.6 Å². The fourth-order valence-electron chi connectivity index (χ4n) is 1.75. The summed E-state index contributed by atoms with van der Waals surface area (Å²) >= 11 is 1.23. The molecule has 7 nitrogen and oxygen atoms in total. The van der Waals surface area contributed by atoms with E-state index < -0.39 is 0 Å². The molecule has 1 amide bonds. The molecule has 0 aliphatic carbocycles. The first-order chi connectivity index (χ1) is 8.65. The zero-order valence-electron chi connectivity index (χ0n) is 10.0. The van der Waals surface area contributed by atoms with Gasteiger partial charge in [-0.25, -0.2) is 4.98 Å². The van der Waals surface area contributed by atoms with Gasteiger partial charge in [0.2, 0.25) is 0 Å². The number of hydrogen-bond acceptors (Lipinski definition) is 7. The molecule has 4 N–H and O–H groups in total. The summed E-state index contributed by atoms with van der Waals surface area (Å²) in [5, 5.41) is 12.5. The van der Waals surface area contributed by atoms with E-state index in [1.54, 1.807) is 11.9 Å². The number of aromatic nitrogens is 1. The summed E-state index contributed by atoms with van der Waals surface area (Å²) < 4.78 is 5.30. The fraction of sp³-hybridized carbons (Fsp3) is 0.600. The zero-order valence-corrected chi connectivity index (χ0v) is 10.9. The van der Waals surface area contributed by atoms with Crippen molar-refractivity contribution in [1.29, 1.82) is 0 Å². The van der Waals surface area contributed by atoms with Gasteiger partial charge in [-0.2, -0.15) is 0 Å². The van der Waals surface area contributed by atoms with Crippen LogP contribution < -0.4 is 11.1 Å². The normalized spacial score (nSPS) is 19.9. The number of carbonyl (C=O) groups excluding carboxylic acids is 1. The number of ether oxygens (including phenoxy) is 1. The molecular weight excluding hydrogens is 256 g/mol. The van der Waals surface area contributed by atoms with Gasteiger partial charge in [-0.05, 0) is 0 Å². The van der Waals surface area contributed by atoms with Crippen molar-refractivity contribution in [2.75, 3.05) is 44.4 Å². The first-order valence-electron chi connectivity index (χ1n) is 5.61. The van der Waals surface area contributed by atoms with Gasteiger partial charge in [0.15, 0.2) is 5.13 Å². The quantitative estimate of drug-likeness (QED) is 0.692. The van der Waals surface area contributed by atoms with Crippen LogP contribution in [0.15, 0.2) is 0 Å². The van der Waals surface area contributed by atoms with Gasteiger partial charge in [0.1, 0.15) is 10.7 Å². The molecule has 18 heavy (non-hydrogen) atoms. The number of amides is 1. The second-order valence-corrected chi connectivity index (χ2v) is 4.91. The topological polar surface area (TPSA) is 101 Å². The molecule has 1 atom stereocenters. The highest BCUT2D eigenvalue weighted by molar-refractivity contribution is 7.18. The van der Waals surface area contributed by atoms with Crippen LogP contribution in [-0.2, 0) is 4.74 Å². The van der Waals surface area contributed by atoms with E-state index in [9.17, 15) is 4.79 Å². The maximum Gasteiger partial charge on any atom is 0.268 e. The van der Waals surface area contributed by atoms with Crippen LogP contribution in [0.1, 0.15) is 9.67 Å². The molecule has 2 rings (SSSR count). The Bertz CT molecular complexity index is 437. The number of rotatable bonds is 3. The molecule has 1 aliphatic heterocycles. The molecule has 0 bridgehead atoms. The Hall–Kier alpha value is -1.38. The molecule has 1 unspecified atom stereocenters. The number of nitrogens with one attached hydrogen (secondary N) is 1. The predicted octanol–water partition coefficient (Wildman–Crippen LogP) is -0.400. The number of nitrogens with two attached hydrogens (primary N) is 1. The first-order valence-corrected chi connectivity index (χ1v) is 6.43. The average molecular weight is 272 g/mol. The van der Waals surface area contributed by atoms with E-state index in [1.165, 1.54) is 11.3 Å². The number of aliphatic hydroxyl groups excluding tert-OH is 1. The van der Waals surface area contributed by atoms with Crippen LogP contribution in [0.25, 0.3) is 0 Å². The fourth-order valence-corrected chi connectivity index (χ4v) is 2.56. The van der Waals surface area contributed by atoms with Gasteiger partial charge in [0.05, 0.1) is 19.3 Å². The summed E-state index contributed by atoms with van der Waals surface area (Å²) in [5.41, 5.74) is 5.72. The summed E-state index contributed by atoms with van der Waals surface area (Å²) in [6, 6.07) is 0. The molecule has 100 valence electrons. The predicted molar refractivity (Wildman–Crippen MR) is 68.8 cm³/mol. The minimum Gasteiger partial charge on any atom is -0.394 e. The molecule has 0 aromatic carbocycles. The van der Waals surface area contributed by atoms with Crippen LogP contribution in [0.3, 0.4) is 0 Å².